The Labute approximate surface area is 239 Å². The number of pyridine rings is 2. The molecule has 0 saturated heterocycles. The second-order valence-corrected chi connectivity index (χ2v) is 11.8. The third-order valence-electron chi connectivity index (χ3n) is 7.30. The molecule has 0 N–H and O–H groups in total. The minimum atomic E-state index is -0.755. The molecule has 0 unspecified atom stereocenters. The van der Waals surface area contributed by atoms with Crippen molar-refractivity contribution in [1.82, 2.24) is 9.97 Å². The lowest BCUT2D eigenvalue weighted by atomic mass is 9.85. The average molecular weight is 551 g/mol. The van der Waals surface area contributed by atoms with Gasteiger partial charge in [-0.3, -0.25) is 9.78 Å². The van der Waals surface area contributed by atoms with E-state index in [1.54, 1.807) is 6.92 Å². The second kappa shape index (κ2) is 9.99. The van der Waals surface area contributed by atoms with E-state index in [2.05, 4.69) is 18.2 Å². The molecule has 0 saturated carbocycles. The lowest BCUT2D eigenvalue weighted by Crippen LogP contribution is -2.27. The zero-order valence-corrected chi connectivity index (χ0v) is 24.1. The van der Waals surface area contributed by atoms with E-state index in [0.29, 0.717) is 11.6 Å². The summed E-state index contributed by atoms with van der Waals surface area (Å²) >= 11 is 6.29. The highest BCUT2D eigenvalue weighted by Crippen LogP contribution is 2.45. The molecule has 1 aliphatic rings. The Morgan fingerprint density at radius 2 is 1.90 bits per heavy atom. The van der Waals surface area contributed by atoms with Crippen molar-refractivity contribution in [2.45, 2.75) is 52.7 Å². The molecule has 1 aliphatic heterocycles. The molecular formula is C34H31ClN2O3. The van der Waals surface area contributed by atoms with E-state index >= 15 is 0 Å². The topological polar surface area (TPSA) is 61.3 Å². The van der Waals surface area contributed by atoms with Gasteiger partial charge in [-0.05, 0) is 99.3 Å². The van der Waals surface area contributed by atoms with Gasteiger partial charge in [0.2, 0.25) is 0 Å². The van der Waals surface area contributed by atoms with Crippen LogP contribution in [0, 0.1) is 6.92 Å². The van der Waals surface area contributed by atoms with Crippen molar-refractivity contribution < 1.29 is 14.3 Å². The summed E-state index contributed by atoms with van der Waals surface area (Å²) in [6.07, 6.45) is 1.93. The number of ketones is 1. The lowest BCUT2D eigenvalue weighted by Gasteiger charge is -2.30. The van der Waals surface area contributed by atoms with Gasteiger partial charge >= 0.3 is 0 Å². The fourth-order valence-corrected chi connectivity index (χ4v) is 5.85. The SMILES string of the molecule is CC(=O)[C@@H](OC(C)(C)C)c1c(C)cc2nc(-c3cccc(Cl)c3)ccc2c1-c1ccc2c3c(ccnc13)CCO2. The monoisotopic (exact) mass is 550 g/mol. The van der Waals surface area contributed by atoms with Crippen LogP contribution >= 0.6 is 11.6 Å². The zero-order valence-electron chi connectivity index (χ0n) is 23.3. The molecule has 0 amide bonds. The molecule has 3 aromatic carbocycles. The van der Waals surface area contributed by atoms with Crippen molar-refractivity contribution in [1.29, 1.82) is 0 Å². The number of Topliss-reactive ketones (excluding diaryl/α,β-unsaturated/α-hetero) is 1. The van der Waals surface area contributed by atoms with Crippen LogP contribution in [0.3, 0.4) is 0 Å². The fourth-order valence-electron chi connectivity index (χ4n) is 5.66. The number of ether oxygens (including phenoxy) is 2. The van der Waals surface area contributed by atoms with Crippen LogP contribution in [0.25, 0.3) is 44.2 Å². The second-order valence-electron chi connectivity index (χ2n) is 11.4. The van der Waals surface area contributed by atoms with E-state index in [0.717, 1.165) is 67.5 Å². The summed E-state index contributed by atoms with van der Waals surface area (Å²) in [4.78, 5) is 23.1. The van der Waals surface area contributed by atoms with Crippen LogP contribution in [0.1, 0.15) is 50.5 Å². The largest absolute Gasteiger partial charge is 0.493 e. The number of halogens is 1. The maximum atomic E-state index is 13.2. The third-order valence-corrected chi connectivity index (χ3v) is 7.54. The van der Waals surface area contributed by atoms with E-state index in [9.17, 15) is 4.79 Å². The van der Waals surface area contributed by atoms with Crippen LogP contribution in [0.15, 0.2) is 66.9 Å². The number of rotatable bonds is 5. The Morgan fingerprint density at radius 3 is 2.65 bits per heavy atom. The summed E-state index contributed by atoms with van der Waals surface area (Å²) in [5.74, 6) is 0.781. The third kappa shape index (κ3) is 4.74. The molecule has 6 heteroatoms. The number of hydrogen-bond acceptors (Lipinski definition) is 5. The molecule has 6 rings (SSSR count). The van der Waals surface area contributed by atoms with Gasteiger partial charge in [0.05, 0.1) is 28.9 Å². The van der Waals surface area contributed by atoms with Crippen molar-refractivity contribution >= 4 is 39.2 Å². The van der Waals surface area contributed by atoms with Crippen LogP contribution in [0.5, 0.6) is 5.75 Å². The summed E-state index contributed by atoms with van der Waals surface area (Å²) in [6, 6.07) is 20.0. The molecule has 0 radical (unpaired) electrons. The predicted molar refractivity (Wildman–Crippen MR) is 161 cm³/mol. The number of nitrogens with zero attached hydrogens (tertiary/aromatic N) is 2. The molecule has 0 fully saturated rings. The number of aryl methyl sites for hydroxylation is 1. The maximum Gasteiger partial charge on any atom is 0.163 e. The van der Waals surface area contributed by atoms with Crippen LogP contribution < -0.4 is 4.74 Å². The van der Waals surface area contributed by atoms with Crippen molar-refractivity contribution in [2.75, 3.05) is 6.61 Å². The van der Waals surface area contributed by atoms with Gasteiger partial charge in [-0.25, -0.2) is 4.98 Å². The average Bonchev–Trinajstić information content (AvgIpc) is 2.91. The van der Waals surface area contributed by atoms with Crippen molar-refractivity contribution in [3.8, 4) is 28.1 Å². The van der Waals surface area contributed by atoms with Crippen molar-refractivity contribution in [2.24, 2.45) is 0 Å². The number of carbonyl (C=O) groups excluding carboxylic acids is 1. The van der Waals surface area contributed by atoms with Crippen LogP contribution in [-0.4, -0.2) is 28.0 Å². The van der Waals surface area contributed by atoms with Gasteiger partial charge in [0, 0.05) is 39.5 Å². The Kier molecular flexibility index (Phi) is 6.60. The first-order valence-corrected chi connectivity index (χ1v) is 13.9. The molecule has 3 heterocycles. The zero-order chi connectivity index (χ0) is 28.2. The minimum absolute atomic E-state index is 0.0545. The summed E-state index contributed by atoms with van der Waals surface area (Å²) in [7, 11) is 0. The molecule has 2 aromatic heterocycles. The normalized spacial score (nSPS) is 13.8. The molecular weight excluding hydrogens is 520 g/mol. The minimum Gasteiger partial charge on any atom is -0.493 e. The number of benzene rings is 3. The van der Waals surface area contributed by atoms with E-state index in [-0.39, 0.29) is 5.78 Å². The van der Waals surface area contributed by atoms with E-state index in [1.807, 2.05) is 76.4 Å². The van der Waals surface area contributed by atoms with Gasteiger partial charge in [0.15, 0.2) is 5.78 Å². The van der Waals surface area contributed by atoms with Gasteiger partial charge in [0.1, 0.15) is 11.9 Å². The highest BCUT2D eigenvalue weighted by Gasteiger charge is 2.31. The first kappa shape index (κ1) is 26.4. The number of carbonyl (C=O) groups is 1. The first-order chi connectivity index (χ1) is 19.1. The van der Waals surface area contributed by atoms with Gasteiger partial charge < -0.3 is 9.47 Å². The maximum absolute atomic E-state index is 13.2. The first-order valence-electron chi connectivity index (χ1n) is 13.5. The highest BCUT2D eigenvalue weighted by atomic mass is 35.5. The quantitative estimate of drug-likeness (QED) is 0.220. The number of hydrogen-bond donors (Lipinski definition) is 0. The summed E-state index contributed by atoms with van der Waals surface area (Å²) in [5, 5.41) is 2.60. The van der Waals surface area contributed by atoms with Crippen molar-refractivity contribution in [3.05, 3.63) is 88.6 Å². The lowest BCUT2D eigenvalue weighted by molar-refractivity contribution is -0.138. The molecule has 1 atom stereocenters. The highest BCUT2D eigenvalue weighted by molar-refractivity contribution is 6.30. The van der Waals surface area contributed by atoms with Crippen LogP contribution in [0.4, 0.5) is 0 Å². The van der Waals surface area contributed by atoms with E-state index < -0.39 is 11.7 Å². The molecule has 0 aliphatic carbocycles. The molecule has 5 nitrogen and oxygen atoms in total. The Hall–Kier alpha value is -3.80. The Balaban J connectivity index is 1.70. The standard InChI is InChI=1S/C34H31ClN2O3/c1-19-17-27-24(9-11-26(37-27)22-7-6-8-23(35)18-22)31(29(19)33(20(2)38)40-34(3,4)5)25-10-12-28-30-21(14-16-39-28)13-15-36-32(25)30/h6-13,15,17-18,33H,14,16H2,1-5H3/t33-/m1/s1. The van der Waals surface area contributed by atoms with E-state index in [4.69, 9.17) is 31.0 Å². The summed E-state index contributed by atoms with van der Waals surface area (Å²) in [5.41, 5.74) is 7.72. The van der Waals surface area contributed by atoms with Gasteiger partial charge in [-0.2, -0.15) is 0 Å². The molecule has 0 spiro atoms. The summed E-state index contributed by atoms with van der Waals surface area (Å²) in [6.45, 7) is 10.2. The Bertz CT molecular complexity index is 1800. The number of fused-ring (bicyclic) bond motifs is 1. The predicted octanol–water partition coefficient (Wildman–Crippen LogP) is 8.46. The molecule has 202 valence electrons. The van der Waals surface area contributed by atoms with Gasteiger partial charge in [-0.1, -0.05) is 29.8 Å². The van der Waals surface area contributed by atoms with Crippen molar-refractivity contribution in [3.63, 3.8) is 0 Å². The van der Waals surface area contributed by atoms with Crippen LogP contribution in [-0.2, 0) is 16.0 Å². The fraction of sp³-hybridized carbons (Fsp3) is 0.265. The van der Waals surface area contributed by atoms with Gasteiger partial charge in [-0.15, -0.1) is 0 Å². The van der Waals surface area contributed by atoms with Crippen LogP contribution in [0.2, 0.25) is 5.02 Å². The molecule has 5 aromatic rings. The van der Waals surface area contributed by atoms with Gasteiger partial charge in [0.25, 0.3) is 0 Å². The summed E-state index contributed by atoms with van der Waals surface area (Å²) < 4.78 is 12.5. The Morgan fingerprint density at radius 1 is 1.07 bits per heavy atom. The molecule has 40 heavy (non-hydrogen) atoms. The number of aromatic nitrogens is 2. The molecule has 0 bridgehead atoms. The smallest absolute Gasteiger partial charge is 0.163 e. The van der Waals surface area contributed by atoms with E-state index in [1.165, 1.54) is 5.56 Å².